The number of aryl methyl sites for hydroxylation is 1. The standard InChI is InChI=1S/C41H59N2O7/c1-6-8-9-10-11-12-13-14-15-16-17-20-27-49-39-37(47-4)28-34(29-38(39)48-5)32-50-41(45)43(31-33-22-21-26-42(30-33)25-7-2)40(44)35-23-18-19-24-36(35)46-3/h18-19,21-24,26,28-30H,6-17,20,25,27,31-32H2,1-5H3/q+1. The molecule has 50 heavy (non-hydrogen) atoms. The molecule has 2 aromatic carbocycles. The minimum Gasteiger partial charge on any atom is -0.496 e. The maximum absolute atomic E-state index is 13.8. The van der Waals surface area contributed by atoms with Crippen LogP contribution in [0.2, 0.25) is 0 Å². The largest absolute Gasteiger partial charge is 0.496 e. The summed E-state index contributed by atoms with van der Waals surface area (Å²) in [6.07, 6.45) is 19.4. The lowest BCUT2D eigenvalue weighted by Crippen LogP contribution is -2.38. The van der Waals surface area contributed by atoms with Gasteiger partial charge in [0.1, 0.15) is 18.9 Å². The van der Waals surface area contributed by atoms with Crippen molar-refractivity contribution in [2.75, 3.05) is 27.9 Å². The maximum Gasteiger partial charge on any atom is 0.417 e. The number of benzene rings is 2. The normalized spacial score (nSPS) is 10.8. The smallest absolute Gasteiger partial charge is 0.417 e. The van der Waals surface area contributed by atoms with Gasteiger partial charge in [-0.15, -0.1) is 0 Å². The molecule has 0 aliphatic carbocycles. The molecule has 0 radical (unpaired) electrons. The van der Waals surface area contributed by atoms with Crippen LogP contribution < -0.4 is 23.5 Å². The van der Waals surface area contributed by atoms with Crippen LogP contribution in [-0.4, -0.2) is 44.8 Å². The Morgan fingerprint density at radius 3 is 1.88 bits per heavy atom. The summed E-state index contributed by atoms with van der Waals surface area (Å²) in [7, 11) is 4.63. The first-order valence-electron chi connectivity index (χ1n) is 18.4. The number of carbonyl (C=O) groups excluding carboxylic acids is 2. The second-order valence-corrected chi connectivity index (χ2v) is 12.7. The number of hydrogen-bond acceptors (Lipinski definition) is 7. The highest BCUT2D eigenvalue weighted by Gasteiger charge is 2.28. The average Bonchev–Trinajstić information content (AvgIpc) is 3.14. The summed E-state index contributed by atoms with van der Waals surface area (Å²) in [6.45, 7) is 5.65. The lowest BCUT2D eigenvalue weighted by molar-refractivity contribution is -0.697. The molecule has 0 atom stereocenters. The zero-order valence-corrected chi connectivity index (χ0v) is 31.0. The molecule has 1 heterocycles. The SMILES string of the molecule is CCCCCCCCCCCCCCOc1c(OC)cc(COC(=O)N(Cc2ccc[n+](CCC)c2)C(=O)c2ccccc2OC)cc1OC. The number of carbonyl (C=O) groups is 2. The Balaban J connectivity index is 1.60. The van der Waals surface area contributed by atoms with Crippen LogP contribution in [0.25, 0.3) is 0 Å². The molecule has 3 rings (SSSR count). The van der Waals surface area contributed by atoms with Crippen LogP contribution in [0.5, 0.6) is 23.0 Å². The van der Waals surface area contributed by atoms with Crippen LogP contribution in [-0.2, 0) is 24.4 Å². The minimum atomic E-state index is -0.781. The van der Waals surface area contributed by atoms with Crippen molar-refractivity contribution in [2.24, 2.45) is 0 Å². The van der Waals surface area contributed by atoms with Gasteiger partial charge in [0.15, 0.2) is 23.9 Å². The van der Waals surface area contributed by atoms with Gasteiger partial charge >= 0.3 is 6.09 Å². The van der Waals surface area contributed by atoms with Gasteiger partial charge in [0.25, 0.3) is 5.91 Å². The van der Waals surface area contributed by atoms with Crippen LogP contribution in [0, 0.1) is 0 Å². The Kier molecular flexibility index (Phi) is 18.6. The number of nitrogens with zero attached hydrogens (tertiary/aromatic N) is 2. The summed E-state index contributed by atoms with van der Waals surface area (Å²) in [5.41, 5.74) is 1.69. The average molecular weight is 692 g/mol. The number of para-hydroxylation sites is 1. The Bertz CT molecular complexity index is 1420. The van der Waals surface area contributed by atoms with Crippen LogP contribution in [0.15, 0.2) is 60.9 Å². The van der Waals surface area contributed by atoms with Crippen LogP contribution in [0.1, 0.15) is 119 Å². The number of methoxy groups -OCH3 is 3. The molecule has 0 bridgehead atoms. The monoisotopic (exact) mass is 691 g/mol. The highest BCUT2D eigenvalue weighted by molar-refractivity contribution is 6.04. The highest BCUT2D eigenvalue weighted by atomic mass is 16.6. The first kappa shape index (κ1) is 40.2. The van der Waals surface area contributed by atoms with E-state index in [9.17, 15) is 9.59 Å². The Labute approximate surface area is 299 Å². The number of unbranched alkanes of at least 4 members (excludes halogenated alkanes) is 11. The van der Waals surface area contributed by atoms with E-state index in [4.69, 9.17) is 23.7 Å². The topological polar surface area (TPSA) is 87.4 Å². The van der Waals surface area contributed by atoms with Gasteiger partial charge in [0, 0.05) is 18.1 Å². The number of hydrogen-bond donors (Lipinski definition) is 0. The molecule has 0 aliphatic rings. The van der Waals surface area contributed by atoms with Gasteiger partial charge in [-0.2, -0.15) is 0 Å². The van der Waals surface area contributed by atoms with E-state index >= 15 is 0 Å². The predicted molar refractivity (Wildman–Crippen MR) is 196 cm³/mol. The van der Waals surface area contributed by atoms with E-state index in [2.05, 4.69) is 13.8 Å². The molecule has 3 aromatic rings. The van der Waals surface area contributed by atoms with Crippen molar-refractivity contribution >= 4 is 12.0 Å². The quantitative estimate of drug-likeness (QED) is 0.0683. The third-order valence-corrected chi connectivity index (χ3v) is 8.67. The van der Waals surface area contributed by atoms with E-state index in [1.807, 2.05) is 29.1 Å². The van der Waals surface area contributed by atoms with Crippen molar-refractivity contribution in [1.82, 2.24) is 4.90 Å². The second-order valence-electron chi connectivity index (χ2n) is 12.7. The number of aromatic nitrogens is 1. The fraction of sp³-hybridized carbons (Fsp3) is 0.537. The number of pyridine rings is 1. The molecule has 0 fully saturated rings. The molecule has 274 valence electrons. The van der Waals surface area contributed by atoms with Crippen molar-refractivity contribution < 1.29 is 37.8 Å². The van der Waals surface area contributed by atoms with Gasteiger partial charge in [-0.25, -0.2) is 14.3 Å². The summed E-state index contributed by atoms with van der Waals surface area (Å²) < 4.78 is 30.6. The lowest BCUT2D eigenvalue weighted by Gasteiger charge is -2.22. The highest BCUT2D eigenvalue weighted by Crippen LogP contribution is 2.39. The summed E-state index contributed by atoms with van der Waals surface area (Å²) in [4.78, 5) is 28.5. The summed E-state index contributed by atoms with van der Waals surface area (Å²) in [5, 5.41) is 0. The second kappa shape index (κ2) is 23.2. The van der Waals surface area contributed by atoms with Crippen LogP contribution in [0.3, 0.4) is 0 Å². The zero-order chi connectivity index (χ0) is 36.0. The fourth-order valence-corrected chi connectivity index (χ4v) is 5.94. The summed E-state index contributed by atoms with van der Waals surface area (Å²) >= 11 is 0. The number of rotatable bonds is 24. The minimum absolute atomic E-state index is 0.0266. The van der Waals surface area contributed by atoms with Crippen molar-refractivity contribution in [3.05, 3.63) is 77.6 Å². The van der Waals surface area contributed by atoms with E-state index < -0.39 is 12.0 Å². The van der Waals surface area contributed by atoms with E-state index in [-0.39, 0.29) is 18.7 Å². The molecular weight excluding hydrogens is 632 g/mol. The van der Waals surface area contributed by atoms with Crippen molar-refractivity contribution in [2.45, 2.75) is 117 Å². The van der Waals surface area contributed by atoms with Gasteiger partial charge in [0.2, 0.25) is 5.75 Å². The molecule has 0 saturated carbocycles. The lowest BCUT2D eigenvalue weighted by atomic mass is 10.1. The van der Waals surface area contributed by atoms with Gasteiger partial charge in [-0.1, -0.05) is 96.6 Å². The van der Waals surface area contributed by atoms with E-state index in [1.54, 1.807) is 50.6 Å². The van der Waals surface area contributed by atoms with Gasteiger partial charge in [-0.05, 0) is 42.3 Å². The third-order valence-electron chi connectivity index (χ3n) is 8.67. The Morgan fingerprint density at radius 2 is 1.28 bits per heavy atom. The van der Waals surface area contributed by atoms with E-state index in [1.165, 1.54) is 71.3 Å². The van der Waals surface area contributed by atoms with Crippen LogP contribution >= 0.6 is 0 Å². The molecule has 9 heteroatoms. The van der Waals surface area contributed by atoms with E-state index in [0.29, 0.717) is 35.2 Å². The number of ether oxygens (including phenoxy) is 5. The molecule has 0 saturated heterocycles. The first-order valence-corrected chi connectivity index (χ1v) is 18.4. The molecule has 0 aliphatic heterocycles. The zero-order valence-electron chi connectivity index (χ0n) is 31.0. The fourth-order valence-electron chi connectivity index (χ4n) is 5.94. The molecule has 2 amide bonds. The molecule has 1 aromatic heterocycles. The molecule has 0 unspecified atom stereocenters. The van der Waals surface area contributed by atoms with Gasteiger partial charge in [-0.3, -0.25) is 4.79 Å². The van der Waals surface area contributed by atoms with E-state index in [0.717, 1.165) is 36.3 Å². The third kappa shape index (κ3) is 13.2. The Morgan fingerprint density at radius 1 is 0.680 bits per heavy atom. The van der Waals surface area contributed by atoms with Crippen LogP contribution in [0.4, 0.5) is 4.79 Å². The van der Waals surface area contributed by atoms with Crippen molar-refractivity contribution in [1.29, 1.82) is 0 Å². The number of imide groups is 1. The molecule has 0 N–H and O–H groups in total. The van der Waals surface area contributed by atoms with Crippen molar-refractivity contribution in [3.63, 3.8) is 0 Å². The van der Waals surface area contributed by atoms with Gasteiger partial charge < -0.3 is 23.7 Å². The van der Waals surface area contributed by atoms with Gasteiger partial charge in [0.05, 0.1) is 40.0 Å². The number of amides is 2. The molecule has 9 nitrogen and oxygen atoms in total. The maximum atomic E-state index is 13.8. The van der Waals surface area contributed by atoms with Crippen molar-refractivity contribution in [3.8, 4) is 23.0 Å². The molecular formula is C41H59N2O7+. The summed E-state index contributed by atoms with van der Waals surface area (Å²) in [6, 6.07) is 14.2. The summed E-state index contributed by atoms with van der Waals surface area (Å²) in [5.74, 6) is 1.35. The molecule has 0 spiro atoms. The predicted octanol–water partition coefficient (Wildman–Crippen LogP) is 9.47. The Hall–Kier alpha value is -4.27. The first-order chi connectivity index (χ1) is 24.4.